The first kappa shape index (κ1) is 16.9. The Bertz CT molecular complexity index is 531. The Balaban J connectivity index is 2.53. The van der Waals surface area contributed by atoms with Gasteiger partial charge in [-0.3, -0.25) is 4.79 Å². The Hall–Kier alpha value is -2.16. The first-order valence-corrected chi connectivity index (χ1v) is 7.11. The molecule has 1 aromatic heterocycles. The molecule has 0 radical (unpaired) electrons. The summed E-state index contributed by atoms with van der Waals surface area (Å²) in [7, 11) is 0. The highest BCUT2D eigenvalue weighted by Crippen LogP contribution is 2.17. The van der Waals surface area contributed by atoms with Gasteiger partial charge < -0.3 is 20.8 Å². The van der Waals surface area contributed by atoms with E-state index in [2.05, 4.69) is 15.6 Å². The molecule has 0 saturated heterocycles. The highest BCUT2D eigenvalue weighted by Gasteiger charge is 2.22. The van der Waals surface area contributed by atoms with Crippen LogP contribution in [0.15, 0.2) is 5.38 Å². The second kappa shape index (κ2) is 7.58. The van der Waals surface area contributed by atoms with Crippen molar-refractivity contribution in [1.29, 1.82) is 0 Å². The van der Waals surface area contributed by atoms with Crippen molar-refractivity contribution in [2.75, 3.05) is 0 Å². The van der Waals surface area contributed by atoms with Gasteiger partial charge >= 0.3 is 18.0 Å². The fraction of sp³-hybridized carbons (Fsp3) is 0.500. The quantitative estimate of drug-likeness (QED) is 0.597. The summed E-state index contributed by atoms with van der Waals surface area (Å²) in [6.07, 6.45) is -0.513. The number of hydrogen-bond acceptors (Lipinski definition) is 5. The van der Waals surface area contributed by atoms with Crippen LogP contribution in [0.5, 0.6) is 0 Å². The Morgan fingerprint density at radius 1 is 1.33 bits per heavy atom. The smallest absolute Gasteiger partial charge is 0.326 e. The topological polar surface area (TPSA) is 129 Å². The van der Waals surface area contributed by atoms with E-state index in [-0.39, 0.29) is 18.9 Å². The number of carbonyl (C=O) groups excluding carboxylic acids is 1. The number of carboxylic acid groups (broad SMARTS) is 2. The lowest BCUT2D eigenvalue weighted by Gasteiger charge is -2.16. The minimum atomic E-state index is -1.27. The summed E-state index contributed by atoms with van der Waals surface area (Å²) in [6.45, 7) is 3.56. The molecular weight excluding hydrogens is 298 g/mol. The number of urea groups is 1. The molecule has 2 amide bonds. The average molecular weight is 315 g/mol. The molecule has 4 N–H and O–H groups in total. The first-order chi connectivity index (χ1) is 9.79. The monoisotopic (exact) mass is 315 g/mol. The second-order valence-corrected chi connectivity index (χ2v) is 5.38. The molecule has 1 heterocycles. The van der Waals surface area contributed by atoms with Gasteiger partial charge in [0.2, 0.25) is 0 Å². The predicted octanol–water partition coefficient (Wildman–Crippen LogP) is 1.13. The van der Waals surface area contributed by atoms with Crippen LogP contribution in [0, 0.1) is 6.92 Å². The van der Waals surface area contributed by atoms with Gasteiger partial charge in [0.1, 0.15) is 11.0 Å². The van der Waals surface area contributed by atoms with E-state index in [0.29, 0.717) is 5.01 Å². The number of aryl methyl sites for hydroxylation is 1. The van der Waals surface area contributed by atoms with E-state index in [1.54, 1.807) is 6.92 Å². The zero-order chi connectivity index (χ0) is 16.0. The van der Waals surface area contributed by atoms with Gasteiger partial charge in [-0.1, -0.05) is 0 Å². The SMILES string of the molecule is Cc1csc(C(C)NC(=O)NC(CCC(=O)O)C(=O)O)n1. The summed E-state index contributed by atoms with van der Waals surface area (Å²) in [6, 6.07) is -2.28. The largest absolute Gasteiger partial charge is 0.481 e. The lowest BCUT2D eigenvalue weighted by atomic mass is 10.1. The minimum Gasteiger partial charge on any atom is -0.481 e. The molecule has 116 valence electrons. The highest BCUT2D eigenvalue weighted by molar-refractivity contribution is 7.09. The third kappa shape index (κ3) is 5.78. The molecule has 9 heteroatoms. The molecule has 0 saturated carbocycles. The van der Waals surface area contributed by atoms with Crippen molar-refractivity contribution < 1.29 is 24.6 Å². The van der Waals surface area contributed by atoms with Crippen molar-refractivity contribution in [1.82, 2.24) is 15.6 Å². The Labute approximate surface area is 125 Å². The Morgan fingerprint density at radius 3 is 2.48 bits per heavy atom. The third-order valence-corrected chi connectivity index (χ3v) is 3.75. The minimum absolute atomic E-state index is 0.178. The molecule has 1 aromatic rings. The number of amides is 2. The van der Waals surface area contributed by atoms with Crippen LogP contribution in [0.25, 0.3) is 0 Å². The Morgan fingerprint density at radius 2 is 2.00 bits per heavy atom. The van der Waals surface area contributed by atoms with E-state index in [9.17, 15) is 14.4 Å². The van der Waals surface area contributed by atoms with Gasteiger partial charge in [-0.25, -0.2) is 14.6 Å². The molecule has 0 aromatic carbocycles. The second-order valence-electron chi connectivity index (χ2n) is 4.49. The molecule has 2 unspecified atom stereocenters. The van der Waals surface area contributed by atoms with Gasteiger partial charge in [-0.2, -0.15) is 0 Å². The van der Waals surface area contributed by atoms with E-state index < -0.39 is 24.0 Å². The first-order valence-electron chi connectivity index (χ1n) is 6.23. The summed E-state index contributed by atoms with van der Waals surface area (Å²) >= 11 is 1.39. The van der Waals surface area contributed by atoms with Gasteiger partial charge in [-0.05, 0) is 20.3 Å². The number of hydrogen-bond donors (Lipinski definition) is 4. The van der Waals surface area contributed by atoms with Crippen molar-refractivity contribution in [3.05, 3.63) is 16.1 Å². The lowest BCUT2D eigenvalue weighted by Crippen LogP contribution is -2.46. The van der Waals surface area contributed by atoms with Crippen LogP contribution in [-0.2, 0) is 9.59 Å². The summed E-state index contributed by atoms with van der Waals surface area (Å²) < 4.78 is 0. The summed E-state index contributed by atoms with van der Waals surface area (Å²) in [5.74, 6) is -2.39. The highest BCUT2D eigenvalue weighted by atomic mass is 32.1. The van der Waals surface area contributed by atoms with Gasteiger partial charge in [-0.15, -0.1) is 11.3 Å². The molecule has 0 aliphatic carbocycles. The molecule has 0 aliphatic heterocycles. The van der Waals surface area contributed by atoms with Crippen LogP contribution in [0.3, 0.4) is 0 Å². The van der Waals surface area contributed by atoms with Crippen molar-refractivity contribution in [3.8, 4) is 0 Å². The predicted molar refractivity (Wildman–Crippen MR) is 75.2 cm³/mol. The van der Waals surface area contributed by atoms with Crippen LogP contribution in [0.1, 0.15) is 36.5 Å². The van der Waals surface area contributed by atoms with Crippen LogP contribution >= 0.6 is 11.3 Å². The number of carboxylic acids is 2. The van der Waals surface area contributed by atoms with Gasteiger partial charge in [0.25, 0.3) is 0 Å². The fourth-order valence-electron chi connectivity index (χ4n) is 1.55. The van der Waals surface area contributed by atoms with E-state index >= 15 is 0 Å². The average Bonchev–Trinajstić information content (AvgIpc) is 2.80. The fourth-order valence-corrected chi connectivity index (χ4v) is 2.36. The lowest BCUT2D eigenvalue weighted by molar-refractivity contribution is -0.140. The number of rotatable bonds is 7. The maximum atomic E-state index is 11.7. The molecule has 0 bridgehead atoms. The molecule has 2 atom stereocenters. The molecule has 1 rings (SSSR count). The van der Waals surface area contributed by atoms with E-state index in [1.165, 1.54) is 11.3 Å². The van der Waals surface area contributed by atoms with Gasteiger partial charge in [0.05, 0.1) is 6.04 Å². The normalized spacial score (nSPS) is 13.2. The van der Waals surface area contributed by atoms with Crippen molar-refractivity contribution in [3.63, 3.8) is 0 Å². The van der Waals surface area contributed by atoms with Crippen LogP contribution in [-0.4, -0.2) is 39.2 Å². The maximum absolute atomic E-state index is 11.7. The van der Waals surface area contributed by atoms with E-state index in [0.717, 1.165) is 5.69 Å². The van der Waals surface area contributed by atoms with Gasteiger partial charge in [0, 0.05) is 17.5 Å². The number of nitrogens with zero attached hydrogens (tertiary/aromatic N) is 1. The van der Waals surface area contributed by atoms with Crippen molar-refractivity contribution in [2.24, 2.45) is 0 Å². The van der Waals surface area contributed by atoms with Crippen LogP contribution in [0.4, 0.5) is 4.79 Å². The van der Waals surface area contributed by atoms with Crippen molar-refractivity contribution >= 4 is 29.3 Å². The van der Waals surface area contributed by atoms with E-state index in [4.69, 9.17) is 10.2 Å². The van der Waals surface area contributed by atoms with Crippen molar-refractivity contribution in [2.45, 2.75) is 38.8 Å². The maximum Gasteiger partial charge on any atom is 0.326 e. The summed E-state index contributed by atoms with van der Waals surface area (Å²) in [5, 5.41) is 24.9. The molecular formula is C12H17N3O5S. The number of carbonyl (C=O) groups is 3. The third-order valence-electron chi connectivity index (χ3n) is 2.61. The summed E-state index contributed by atoms with van der Waals surface area (Å²) in [4.78, 5) is 37.4. The van der Waals surface area contributed by atoms with Gasteiger partial charge in [0.15, 0.2) is 0 Å². The molecule has 0 fully saturated rings. The zero-order valence-corrected chi connectivity index (χ0v) is 12.4. The summed E-state index contributed by atoms with van der Waals surface area (Å²) in [5.41, 5.74) is 0.842. The molecule has 0 aliphatic rings. The molecule has 21 heavy (non-hydrogen) atoms. The standard InChI is InChI=1S/C12H17N3O5S/c1-6-5-21-10(13-6)7(2)14-12(20)15-8(11(18)19)3-4-9(16)17/h5,7-8H,3-4H2,1-2H3,(H,16,17)(H,18,19)(H2,14,15,20). The zero-order valence-electron chi connectivity index (χ0n) is 11.6. The number of aliphatic carboxylic acids is 2. The van der Waals surface area contributed by atoms with Crippen LogP contribution < -0.4 is 10.6 Å². The molecule has 8 nitrogen and oxygen atoms in total. The Kier molecular flexibility index (Phi) is 6.10. The number of thiazole rings is 1. The molecule has 0 spiro atoms. The van der Waals surface area contributed by atoms with E-state index in [1.807, 2.05) is 12.3 Å². The number of aromatic nitrogens is 1. The number of nitrogens with one attached hydrogen (secondary N) is 2. The van der Waals surface area contributed by atoms with Crippen LogP contribution in [0.2, 0.25) is 0 Å².